The van der Waals surface area contributed by atoms with E-state index in [0.29, 0.717) is 52.4 Å². The SMILES string of the molecule is CC.Cc1c(Br)c(Cl)cc2c(N3CCN(C(=O)OC(C)(C)C)CC3)nc(F)nc12. The summed E-state index contributed by atoms with van der Waals surface area (Å²) in [6.07, 6.45) is -1.13. The summed E-state index contributed by atoms with van der Waals surface area (Å²) >= 11 is 9.69. The van der Waals surface area contributed by atoms with Gasteiger partial charge in [0.2, 0.25) is 0 Å². The Bertz CT molecular complexity index is 896. The van der Waals surface area contributed by atoms with E-state index in [9.17, 15) is 9.18 Å². The summed E-state index contributed by atoms with van der Waals surface area (Å²) < 4.78 is 20.2. The van der Waals surface area contributed by atoms with E-state index in [1.54, 1.807) is 11.0 Å². The average molecular weight is 490 g/mol. The molecule has 0 spiro atoms. The van der Waals surface area contributed by atoms with Crippen molar-refractivity contribution in [3.8, 4) is 0 Å². The molecule has 3 rings (SSSR count). The number of fused-ring (bicyclic) bond motifs is 1. The zero-order chi connectivity index (χ0) is 21.9. The minimum absolute atomic E-state index is 0.344. The minimum atomic E-state index is -0.788. The molecule has 6 nitrogen and oxygen atoms in total. The fourth-order valence-corrected chi connectivity index (χ4v) is 3.54. The number of hydrogen-bond acceptors (Lipinski definition) is 5. The second-order valence-electron chi connectivity index (χ2n) is 7.46. The van der Waals surface area contributed by atoms with Crippen LogP contribution in [0, 0.1) is 13.0 Å². The molecule has 29 heavy (non-hydrogen) atoms. The molecule has 1 amide bonds. The molecule has 1 aromatic carbocycles. The molecule has 0 bridgehead atoms. The zero-order valence-electron chi connectivity index (χ0n) is 17.6. The molecule has 1 fully saturated rings. The van der Waals surface area contributed by atoms with Crippen LogP contribution >= 0.6 is 27.5 Å². The van der Waals surface area contributed by atoms with Gasteiger partial charge in [-0.1, -0.05) is 25.4 Å². The van der Waals surface area contributed by atoms with Crippen molar-refractivity contribution in [2.75, 3.05) is 31.1 Å². The molecule has 160 valence electrons. The molecular formula is C20H27BrClFN4O2. The third-order valence-electron chi connectivity index (χ3n) is 4.29. The molecule has 1 aromatic heterocycles. The van der Waals surface area contributed by atoms with E-state index < -0.39 is 11.7 Å². The summed E-state index contributed by atoms with van der Waals surface area (Å²) in [5.74, 6) is 0.485. The number of halogens is 3. The van der Waals surface area contributed by atoms with Crippen LogP contribution < -0.4 is 4.90 Å². The number of carbonyl (C=O) groups excluding carboxylic acids is 1. The highest BCUT2D eigenvalue weighted by molar-refractivity contribution is 9.10. The van der Waals surface area contributed by atoms with Gasteiger partial charge in [-0.3, -0.25) is 0 Å². The minimum Gasteiger partial charge on any atom is -0.444 e. The summed E-state index contributed by atoms with van der Waals surface area (Å²) in [7, 11) is 0. The zero-order valence-corrected chi connectivity index (χ0v) is 20.0. The Kier molecular flexibility index (Phi) is 7.67. The van der Waals surface area contributed by atoms with Gasteiger partial charge in [0, 0.05) is 36.0 Å². The molecule has 1 aliphatic rings. The first-order valence-corrected chi connectivity index (χ1v) is 10.8. The van der Waals surface area contributed by atoms with Crippen molar-refractivity contribution in [3.05, 3.63) is 27.2 Å². The van der Waals surface area contributed by atoms with Crippen molar-refractivity contribution in [3.63, 3.8) is 0 Å². The summed E-state index contributed by atoms with van der Waals surface area (Å²) in [6.45, 7) is 13.3. The quantitative estimate of drug-likeness (QED) is 0.490. The Morgan fingerprint density at radius 2 is 1.79 bits per heavy atom. The lowest BCUT2D eigenvalue weighted by molar-refractivity contribution is 0.0240. The van der Waals surface area contributed by atoms with E-state index in [1.807, 2.05) is 46.4 Å². The van der Waals surface area contributed by atoms with Crippen molar-refractivity contribution < 1.29 is 13.9 Å². The molecule has 2 heterocycles. The average Bonchev–Trinajstić information content (AvgIpc) is 2.67. The number of aryl methyl sites for hydroxylation is 1. The predicted molar refractivity (Wildman–Crippen MR) is 118 cm³/mol. The van der Waals surface area contributed by atoms with Gasteiger partial charge in [0.15, 0.2) is 0 Å². The Labute approximate surface area is 184 Å². The maximum absolute atomic E-state index is 14.1. The number of anilines is 1. The smallest absolute Gasteiger partial charge is 0.410 e. The van der Waals surface area contributed by atoms with Crippen LogP contribution in [0.25, 0.3) is 10.9 Å². The standard InChI is InChI=1S/C18H21BrClFN4O2.C2H6/c1-10-13(19)12(20)9-11-14(10)22-16(21)23-15(11)24-5-7-25(8-6-24)17(26)27-18(2,3)4;1-2/h9H,5-8H2,1-4H3;1-2H3. The number of hydrogen-bond donors (Lipinski definition) is 0. The second-order valence-corrected chi connectivity index (χ2v) is 8.66. The van der Waals surface area contributed by atoms with E-state index >= 15 is 0 Å². The molecule has 0 unspecified atom stereocenters. The molecule has 1 saturated heterocycles. The van der Waals surface area contributed by atoms with Crippen molar-refractivity contribution in [1.82, 2.24) is 14.9 Å². The Hall–Kier alpha value is -1.67. The summed E-state index contributed by atoms with van der Waals surface area (Å²) in [5, 5.41) is 1.21. The number of amides is 1. The van der Waals surface area contributed by atoms with Gasteiger partial charge in [-0.2, -0.15) is 9.37 Å². The van der Waals surface area contributed by atoms with Crippen LogP contribution in [0.1, 0.15) is 40.2 Å². The van der Waals surface area contributed by atoms with E-state index in [0.717, 1.165) is 5.56 Å². The van der Waals surface area contributed by atoms with Crippen LogP contribution in [0.4, 0.5) is 15.0 Å². The molecule has 0 atom stereocenters. The van der Waals surface area contributed by atoms with E-state index in [1.165, 1.54) is 0 Å². The highest BCUT2D eigenvalue weighted by atomic mass is 79.9. The molecule has 9 heteroatoms. The first kappa shape index (κ1) is 23.6. The highest BCUT2D eigenvalue weighted by Gasteiger charge is 2.27. The van der Waals surface area contributed by atoms with Gasteiger partial charge in [-0.15, -0.1) is 0 Å². The number of ether oxygens (including phenoxy) is 1. The number of carbonyl (C=O) groups is 1. The summed E-state index contributed by atoms with van der Waals surface area (Å²) in [4.78, 5) is 23.8. The van der Waals surface area contributed by atoms with Crippen molar-refractivity contribution in [1.29, 1.82) is 0 Å². The molecule has 0 radical (unpaired) electrons. The first-order valence-electron chi connectivity index (χ1n) is 9.61. The lowest BCUT2D eigenvalue weighted by Crippen LogP contribution is -2.50. The van der Waals surface area contributed by atoms with Crippen molar-refractivity contribution >= 4 is 50.3 Å². The van der Waals surface area contributed by atoms with Crippen molar-refractivity contribution in [2.24, 2.45) is 0 Å². The Balaban J connectivity index is 0.00000145. The van der Waals surface area contributed by atoms with Gasteiger partial charge < -0.3 is 14.5 Å². The number of benzene rings is 1. The number of nitrogens with zero attached hydrogens (tertiary/aromatic N) is 4. The summed E-state index contributed by atoms with van der Waals surface area (Å²) in [5.41, 5.74) is 0.734. The number of rotatable bonds is 1. The van der Waals surface area contributed by atoms with Gasteiger partial charge in [-0.25, -0.2) is 9.78 Å². The third kappa shape index (κ3) is 5.48. The topological polar surface area (TPSA) is 58.6 Å². The first-order chi connectivity index (χ1) is 13.6. The van der Waals surface area contributed by atoms with Gasteiger partial charge in [0.05, 0.1) is 10.5 Å². The van der Waals surface area contributed by atoms with Gasteiger partial charge in [-0.05, 0) is 55.3 Å². The van der Waals surface area contributed by atoms with Gasteiger partial charge in [0.25, 0.3) is 0 Å². The molecule has 2 aromatic rings. The largest absolute Gasteiger partial charge is 0.444 e. The molecular weight excluding hydrogens is 463 g/mol. The van der Waals surface area contributed by atoms with Crippen LogP contribution in [-0.4, -0.2) is 52.7 Å². The molecule has 0 saturated carbocycles. The molecule has 0 aliphatic carbocycles. The van der Waals surface area contributed by atoms with Crippen LogP contribution in [0.5, 0.6) is 0 Å². The predicted octanol–water partition coefficient (Wildman–Crippen LogP) is 5.58. The highest BCUT2D eigenvalue weighted by Crippen LogP contribution is 2.35. The monoisotopic (exact) mass is 488 g/mol. The molecule has 1 aliphatic heterocycles. The fraction of sp³-hybridized carbons (Fsp3) is 0.550. The maximum Gasteiger partial charge on any atom is 0.410 e. The van der Waals surface area contributed by atoms with Crippen LogP contribution in [-0.2, 0) is 4.74 Å². The normalized spacial score (nSPS) is 14.5. The van der Waals surface area contributed by atoms with E-state index in [2.05, 4.69) is 25.9 Å². The van der Waals surface area contributed by atoms with Gasteiger partial charge >= 0.3 is 12.2 Å². The third-order valence-corrected chi connectivity index (χ3v) is 5.84. The van der Waals surface area contributed by atoms with Crippen LogP contribution in [0.15, 0.2) is 10.5 Å². The molecule has 0 N–H and O–H groups in total. The fourth-order valence-electron chi connectivity index (χ4n) is 2.99. The summed E-state index contributed by atoms with van der Waals surface area (Å²) in [6, 6.07) is 1.74. The maximum atomic E-state index is 14.1. The van der Waals surface area contributed by atoms with Crippen LogP contribution in [0.2, 0.25) is 5.02 Å². The Morgan fingerprint density at radius 3 is 2.34 bits per heavy atom. The number of aromatic nitrogens is 2. The second kappa shape index (κ2) is 9.43. The van der Waals surface area contributed by atoms with E-state index in [-0.39, 0.29) is 6.09 Å². The lowest BCUT2D eigenvalue weighted by Gasteiger charge is -2.36. The lowest BCUT2D eigenvalue weighted by atomic mass is 10.1. The van der Waals surface area contributed by atoms with E-state index in [4.69, 9.17) is 16.3 Å². The van der Waals surface area contributed by atoms with Gasteiger partial charge in [0.1, 0.15) is 11.4 Å². The van der Waals surface area contributed by atoms with Crippen molar-refractivity contribution in [2.45, 2.75) is 47.1 Å². The Morgan fingerprint density at radius 1 is 1.21 bits per heavy atom. The number of piperazine rings is 1. The van der Waals surface area contributed by atoms with Crippen LogP contribution in [0.3, 0.4) is 0 Å².